The van der Waals surface area contributed by atoms with Crippen LogP contribution in [0, 0.1) is 10.8 Å². The lowest BCUT2D eigenvalue weighted by molar-refractivity contribution is -0.186. The van der Waals surface area contributed by atoms with Crippen LogP contribution in [0.4, 0.5) is 0 Å². The molecule has 2 heteroatoms. The fourth-order valence-electron chi connectivity index (χ4n) is 3.29. The molecule has 3 saturated carbocycles. The maximum atomic E-state index is 4.34. The molecule has 70 valence electrons. The normalized spacial score (nSPS) is 46.2. The fourth-order valence-corrected chi connectivity index (χ4v) is 3.42. The molecule has 0 heterocycles. The summed E-state index contributed by atoms with van der Waals surface area (Å²) in [5.74, 6) is 0. The first-order valence-electron chi connectivity index (χ1n) is 4.93. The third-order valence-corrected chi connectivity index (χ3v) is 3.53. The van der Waals surface area contributed by atoms with E-state index in [1.165, 1.54) is 25.8 Å². The van der Waals surface area contributed by atoms with E-state index in [4.69, 9.17) is 0 Å². The smallest absolute Gasteiger partial charge is 0.0113 e. The quantitative estimate of drug-likeness (QED) is 0.639. The number of hydrogen-bond acceptors (Lipinski definition) is 2. The molecule has 0 saturated heterocycles. The summed E-state index contributed by atoms with van der Waals surface area (Å²) in [6.45, 7) is 6.84. The van der Waals surface area contributed by atoms with Gasteiger partial charge in [-0.05, 0) is 30.1 Å². The van der Waals surface area contributed by atoms with Gasteiger partial charge in [0.15, 0.2) is 0 Å². The molecule has 1 nitrogen and oxygen atoms in total. The van der Waals surface area contributed by atoms with E-state index in [0.29, 0.717) is 5.25 Å². The first-order chi connectivity index (χ1) is 5.54. The maximum absolute atomic E-state index is 4.34. The van der Waals surface area contributed by atoms with E-state index in [2.05, 4.69) is 31.8 Å². The Morgan fingerprint density at radius 2 is 2.00 bits per heavy atom. The van der Waals surface area contributed by atoms with Gasteiger partial charge in [0.2, 0.25) is 0 Å². The Hall–Kier alpha value is 0.310. The Balaban J connectivity index is 1.64. The van der Waals surface area contributed by atoms with Gasteiger partial charge in [-0.2, -0.15) is 12.6 Å². The standard InChI is InChI=1S/C10H19NS/c1-8(12)3-11-7-10-4-9(2,5-10)6-10/h8,11-12H,3-7H2,1-2H3. The Morgan fingerprint density at radius 3 is 2.42 bits per heavy atom. The highest BCUT2D eigenvalue weighted by Crippen LogP contribution is 2.72. The molecule has 1 unspecified atom stereocenters. The zero-order valence-corrected chi connectivity index (χ0v) is 8.95. The van der Waals surface area contributed by atoms with Gasteiger partial charge in [-0.3, -0.25) is 0 Å². The third kappa shape index (κ3) is 1.39. The van der Waals surface area contributed by atoms with Crippen LogP contribution in [0.5, 0.6) is 0 Å². The number of rotatable bonds is 4. The summed E-state index contributed by atoms with van der Waals surface area (Å²) in [5.41, 5.74) is 1.48. The van der Waals surface area contributed by atoms with Gasteiger partial charge < -0.3 is 5.32 Å². The lowest BCUT2D eigenvalue weighted by Crippen LogP contribution is -2.63. The maximum Gasteiger partial charge on any atom is 0.0113 e. The van der Waals surface area contributed by atoms with Gasteiger partial charge in [-0.25, -0.2) is 0 Å². The van der Waals surface area contributed by atoms with Gasteiger partial charge in [-0.15, -0.1) is 0 Å². The zero-order chi connectivity index (χ0) is 8.82. The highest BCUT2D eigenvalue weighted by Gasteiger charge is 2.64. The topological polar surface area (TPSA) is 12.0 Å². The molecule has 0 radical (unpaired) electrons. The van der Waals surface area contributed by atoms with Crippen molar-refractivity contribution in [2.75, 3.05) is 13.1 Å². The van der Waals surface area contributed by atoms with E-state index in [1.54, 1.807) is 0 Å². The Bertz CT molecular complexity index is 169. The SMILES string of the molecule is CC(S)CNCC12CC(C)(C1)C2. The van der Waals surface area contributed by atoms with Crippen LogP contribution < -0.4 is 5.32 Å². The second-order valence-corrected chi connectivity index (χ2v) is 6.20. The minimum Gasteiger partial charge on any atom is -0.315 e. The van der Waals surface area contributed by atoms with E-state index in [9.17, 15) is 0 Å². The van der Waals surface area contributed by atoms with Crippen molar-refractivity contribution in [3.8, 4) is 0 Å². The van der Waals surface area contributed by atoms with E-state index < -0.39 is 0 Å². The van der Waals surface area contributed by atoms with Crippen LogP contribution in [0.2, 0.25) is 0 Å². The molecule has 1 N–H and O–H groups in total. The molecular formula is C10H19NS. The minimum atomic E-state index is 0.493. The summed E-state index contributed by atoms with van der Waals surface area (Å²) in [5, 5.41) is 4.00. The summed E-state index contributed by atoms with van der Waals surface area (Å²) in [6, 6.07) is 0. The molecule has 3 aliphatic rings. The third-order valence-electron chi connectivity index (χ3n) is 3.35. The molecule has 12 heavy (non-hydrogen) atoms. The van der Waals surface area contributed by atoms with Crippen LogP contribution >= 0.6 is 12.6 Å². The fraction of sp³-hybridized carbons (Fsp3) is 1.00. The van der Waals surface area contributed by atoms with Crippen molar-refractivity contribution in [3.63, 3.8) is 0 Å². The Morgan fingerprint density at radius 1 is 1.42 bits per heavy atom. The molecule has 0 spiro atoms. The zero-order valence-electron chi connectivity index (χ0n) is 8.06. The van der Waals surface area contributed by atoms with Gasteiger partial charge in [0.05, 0.1) is 0 Å². The minimum absolute atomic E-state index is 0.493. The Kier molecular flexibility index (Phi) is 1.96. The van der Waals surface area contributed by atoms with Crippen molar-refractivity contribution in [1.29, 1.82) is 0 Å². The molecule has 0 aromatic carbocycles. The average Bonchev–Trinajstić information content (AvgIpc) is 1.80. The number of nitrogens with one attached hydrogen (secondary N) is 1. The van der Waals surface area contributed by atoms with Gasteiger partial charge >= 0.3 is 0 Å². The molecule has 0 aromatic heterocycles. The molecule has 2 bridgehead atoms. The van der Waals surface area contributed by atoms with Crippen molar-refractivity contribution in [2.24, 2.45) is 10.8 Å². The van der Waals surface area contributed by atoms with Crippen LogP contribution in [0.15, 0.2) is 0 Å². The van der Waals surface area contributed by atoms with E-state index in [1.807, 2.05) is 0 Å². The molecule has 0 aromatic rings. The average molecular weight is 185 g/mol. The predicted molar refractivity (Wildman–Crippen MR) is 55.7 cm³/mol. The molecule has 3 aliphatic carbocycles. The van der Waals surface area contributed by atoms with Crippen LogP contribution in [0.3, 0.4) is 0 Å². The van der Waals surface area contributed by atoms with E-state index >= 15 is 0 Å². The lowest BCUT2D eigenvalue weighted by atomic mass is 9.36. The molecule has 0 amide bonds. The van der Waals surface area contributed by atoms with Crippen LogP contribution in [0.1, 0.15) is 33.1 Å². The van der Waals surface area contributed by atoms with Gasteiger partial charge in [0.1, 0.15) is 0 Å². The summed E-state index contributed by atoms with van der Waals surface area (Å²) in [4.78, 5) is 0. The van der Waals surface area contributed by atoms with Crippen molar-refractivity contribution < 1.29 is 0 Å². The van der Waals surface area contributed by atoms with E-state index in [-0.39, 0.29) is 0 Å². The first-order valence-corrected chi connectivity index (χ1v) is 5.44. The second-order valence-electron chi connectivity index (χ2n) is 5.32. The highest BCUT2D eigenvalue weighted by molar-refractivity contribution is 7.80. The predicted octanol–water partition coefficient (Wildman–Crippen LogP) is 2.08. The van der Waals surface area contributed by atoms with Gasteiger partial charge in [-0.1, -0.05) is 13.8 Å². The van der Waals surface area contributed by atoms with Gasteiger partial charge in [0.25, 0.3) is 0 Å². The lowest BCUT2D eigenvalue weighted by Gasteiger charge is -2.70. The van der Waals surface area contributed by atoms with Crippen LogP contribution in [0.25, 0.3) is 0 Å². The Labute approximate surface area is 80.7 Å². The van der Waals surface area contributed by atoms with E-state index in [0.717, 1.165) is 17.4 Å². The molecule has 0 aliphatic heterocycles. The van der Waals surface area contributed by atoms with Crippen molar-refractivity contribution in [3.05, 3.63) is 0 Å². The van der Waals surface area contributed by atoms with Crippen LogP contribution in [-0.4, -0.2) is 18.3 Å². The molecular weight excluding hydrogens is 166 g/mol. The molecule has 1 atom stereocenters. The largest absolute Gasteiger partial charge is 0.315 e. The summed E-state index contributed by atoms with van der Waals surface area (Å²) in [7, 11) is 0. The van der Waals surface area contributed by atoms with Crippen molar-refractivity contribution >= 4 is 12.6 Å². The monoisotopic (exact) mass is 185 g/mol. The summed E-state index contributed by atoms with van der Waals surface area (Å²) in [6.07, 6.45) is 4.40. The summed E-state index contributed by atoms with van der Waals surface area (Å²) < 4.78 is 0. The summed E-state index contributed by atoms with van der Waals surface area (Å²) >= 11 is 4.34. The van der Waals surface area contributed by atoms with Gasteiger partial charge in [0, 0.05) is 18.3 Å². The van der Waals surface area contributed by atoms with Crippen molar-refractivity contribution in [2.45, 2.75) is 38.4 Å². The number of hydrogen-bond donors (Lipinski definition) is 2. The first kappa shape index (κ1) is 8.89. The number of thiol groups is 1. The second kappa shape index (κ2) is 2.65. The molecule has 3 fully saturated rings. The van der Waals surface area contributed by atoms with Crippen molar-refractivity contribution in [1.82, 2.24) is 5.32 Å². The van der Waals surface area contributed by atoms with Crippen LogP contribution in [-0.2, 0) is 0 Å². The molecule has 3 rings (SSSR count). The highest BCUT2D eigenvalue weighted by atomic mass is 32.1.